The standard InChI is InChI=1S/C10H16O7S/c1-16-8(11)7-4-3-5-10(6-7,9(12)17-2)18(13,14)15/h7H,3-6H2,1-2H3,(H,13,14,15). The summed E-state index contributed by atoms with van der Waals surface area (Å²) in [7, 11) is -2.43. The fourth-order valence-electron chi connectivity index (χ4n) is 2.32. The summed E-state index contributed by atoms with van der Waals surface area (Å²) < 4.78 is 39.2. The molecule has 7 nitrogen and oxygen atoms in total. The number of methoxy groups -OCH3 is 2. The molecule has 0 bridgehead atoms. The molecular weight excluding hydrogens is 264 g/mol. The molecule has 0 spiro atoms. The van der Waals surface area contributed by atoms with E-state index < -0.39 is 32.7 Å². The van der Waals surface area contributed by atoms with E-state index in [1.165, 1.54) is 7.11 Å². The van der Waals surface area contributed by atoms with Crippen molar-refractivity contribution in [3.05, 3.63) is 0 Å². The molecule has 1 saturated carbocycles. The molecule has 1 fully saturated rings. The average molecular weight is 280 g/mol. The van der Waals surface area contributed by atoms with Crippen molar-refractivity contribution in [2.24, 2.45) is 5.92 Å². The van der Waals surface area contributed by atoms with Crippen LogP contribution in [0.3, 0.4) is 0 Å². The second-order valence-electron chi connectivity index (χ2n) is 4.28. The van der Waals surface area contributed by atoms with Crippen molar-refractivity contribution in [2.75, 3.05) is 14.2 Å². The summed E-state index contributed by atoms with van der Waals surface area (Å²) in [6, 6.07) is 0. The first kappa shape index (κ1) is 14.9. The molecule has 0 amide bonds. The van der Waals surface area contributed by atoms with Crippen LogP contribution in [0.1, 0.15) is 25.7 Å². The lowest BCUT2D eigenvalue weighted by Crippen LogP contribution is -2.51. The lowest BCUT2D eigenvalue weighted by Gasteiger charge is -2.34. The van der Waals surface area contributed by atoms with Gasteiger partial charge in [0.05, 0.1) is 20.1 Å². The Bertz CT molecular complexity index is 441. The van der Waals surface area contributed by atoms with Crippen molar-refractivity contribution in [3.63, 3.8) is 0 Å². The summed E-state index contributed by atoms with van der Waals surface area (Å²) in [4.78, 5) is 23.1. The lowest BCUT2D eigenvalue weighted by molar-refractivity contribution is -0.150. The van der Waals surface area contributed by atoms with Gasteiger partial charge in [0.1, 0.15) is 0 Å². The van der Waals surface area contributed by atoms with E-state index in [9.17, 15) is 22.6 Å². The van der Waals surface area contributed by atoms with Gasteiger partial charge in [0.2, 0.25) is 0 Å². The first-order chi connectivity index (χ1) is 8.28. The minimum Gasteiger partial charge on any atom is -0.469 e. The molecule has 2 unspecified atom stereocenters. The number of esters is 2. The summed E-state index contributed by atoms with van der Waals surface area (Å²) in [6.45, 7) is 0. The highest BCUT2D eigenvalue weighted by Gasteiger charge is 2.55. The first-order valence-corrected chi connectivity index (χ1v) is 6.86. The smallest absolute Gasteiger partial charge is 0.329 e. The Labute approximate surface area is 105 Å². The average Bonchev–Trinajstić information content (AvgIpc) is 2.35. The molecule has 0 aromatic heterocycles. The van der Waals surface area contributed by atoms with E-state index >= 15 is 0 Å². The molecule has 0 heterocycles. The number of ether oxygens (including phenoxy) is 2. The van der Waals surface area contributed by atoms with Crippen molar-refractivity contribution in [2.45, 2.75) is 30.4 Å². The molecule has 8 heteroatoms. The predicted octanol–water partition coefficient (Wildman–Crippen LogP) is 0.149. The van der Waals surface area contributed by atoms with Gasteiger partial charge in [-0.2, -0.15) is 8.42 Å². The highest BCUT2D eigenvalue weighted by atomic mass is 32.2. The van der Waals surface area contributed by atoms with Crippen LogP contribution < -0.4 is 0 Å². The molecule has 0 saturated heterocycles. The van der Waals surface area contributed by atoms with E-state index in [1.54, 1.807) is 0 Å². The van der Waals surface area contributed by atoms with E-state index in [-0.39, 0.29) is 12.8 Å². The number of rotatable bonds is 3. The molecule has 1 aliphatic rings. The normalized spacial score (nSPS) is 28.5. The van der Waals surface area contributed by atoms with Crippen molar-refractivity contribution in [1.29, 1.82) is 0 Å². The molecule has 0 aromatic carbocycles. The monoisotopic (exact) mass is 280 g/mol. The molecule has 1 rings (SSSR count). The third-order valence-corrected chi connectivity index (χ3v) is 4.82. The van der Waals surface area contributed by atoms with E-state index in [1.807, 2.05) is 0 Å². The summed E-state index contributed by atoms with van der Waals surface area (Å²) in [6.07, 6.45) is 0.354. The number of carbonyl (C=O) groups excluding carboxylic acids is 2. The zero-order valence-corrected chi connectivity index (χ0v) is 11.0. The van der Waals surface area contributed by atoms with Gasteiger partial charge in [0.15, 0.2) is 4.75 Å². The number of hydrogen-bond acceptors (Lipinski definition) is 6. The molecule has 0 aromatic rings. The van der Waals surface area contributed by atoms with Crippen LogP contribution in [-0.4, -0.2) is 43.9 Å². The van der Waals surface area contributed by atoms with Crippen molar-refractivity contribution in [3.8, 4) is 0 Å². The van der Waals surface area contributed by atoms with Crippen molar-refractivity contribution >= 4 is 22.1 Å². The second kappa shape index (κ2) is 5.23. The van der Waals surface area contributed by atoms with Crippen LogP contribution in [0.15, 0.2) is 0 Å². The predicted molar refractivity (Wildman–Crippen MR) is 60.3 cm³/mol. The van der Waals surface area contributed by atoms with E-state index in [4.69, 9.17) is 0 Å². The molecule has 1 aliphatic carbocycles. The Balaban J connectivity index is 3.13. The molecule has 2 atom stereocenters. The molecule has 1 N–H and O–H groups in total. The summed E-state index contributed by atoms with van der Waals surface area (Å²) >= 11 is 0. The molecule has 18 heavy (non-hydrogen) atoms. The third kappa shape index (κ3) is 2.49. The van der Waals surface area contributed by atoms with Crippen LogP contribution in [0.2, 0.25) is 0 Å². The summed E-state index contributed by atoms with van der Waals surface area (Å²) in [5.41, 5.74) is 0. The molecule has 104 valence electrons. The Hall–Kier alpha value is -1.15. The fourth-order valence-corrected chi connectivity index (χ4v) is 3.42. The Morgan fingerprint density at radius 3 is 2.33 bits per heavy atom. The van der Waals surface area contributed by atoms with Gasteiger partial charge < -0.3 is 9.47 Å². The largest absolute Gasteiger partial charge is 0.469 e. The van der Waals surface area contributed by atoms with Crippen molar-refractivity contribution in [1.82, 2.24) is 0 Å². The summed E-state index contributed by atoms with van der Waals surface area (Å²) in [5.74, 6) is -2.37. The lowest BCUT2D eigenvalue weighted by atomic mass is 9.80. The van der Waals surface area contributed by atoms with Gasteiger partial charge in [-0.1, -0.05) is 6.42 Å². The number of carbonyl (C=O) groups is 2. The maximum Gasteiger partial charge on any atom is 0.329 e. The zero-order chi connectivity index (χ0) is 14.0. The topological polar surface area (TPSA) is 107 Å². The second-order valence-corrected chi connectivity index (χ2v) is 6.01. The van der Waals surface area contributed by atoms with Crippen LogP contribution in [0.5, 0.6) is 0 Å². The molecular formula is C10H16O7S. The third-order valence-electron chi connectivity index (χ3n) is 3.30. The van der Waals surface area contributed by atoms with Crippen LogP contribution in [0, 0.1) is 5.92 Å². The van der Waals surface area contributed by atoms with Crippen LogP contribution in [-0.2, 0) is 29.2 Å². The van der Waals surface area contributed by atoms with Gasteiger partial charge in [0, 0.05) is 0 Å². The number of hydrogen-bond donors (Lipinski definition) is 1. The van der Waals surface area contributed by atoms with Gasteiger partial charge in [-0.15, -0.1) is 0 Å². The SMILES string of the molecule is COC(=O)C1CCCC(C(=O)OC)(S(=O)(=O)O)C1. The minimum atomic E-state index is -4.66. The highest BCUT2D eigenvalue weighted by molar-refractivity contribution is 7.88. The van der Waals surface area contributed by atoms with Gasteiger partial charge >= 0.3 is 11.9 Å². The maximum absolute atomic E-state index is 11.7. The minimum absolute atomic E-state index is 0.0635. The van der Waals surface area contributed by atoms with Crippen LogP contribution in [0.4, 0.5) is 0 Å². The van der Waals surface area contributed by atoms with Gasteiger partial charge in [0.25, 0.3) is 10.1 Å². The van der Waals surface area contributed by atoms with Gasteiger partial charge in [-0.25, -0.2) is 0 Å². The van der Waals surface area contributed by atoms with E-state index in [0.717, 1.165) is 7.11 Å². The molecule has 0 radical (unpaired) electrons. The Morgan fingerprint density at radius 2 is 1.89 bits per heavy atom. The first-order valence-electron chi connectivity index (χ1n) is 5.42. The summed E-state index contributed by atoms with van der Waals surface area (Å²) in [5, 5.41) is 0. The quantitative estimate of drug-likeness (QED) is 0.579. The fraction of sp³-hybridized carbons (Fsp3) is 0.800. The van der Waals surface area contributed by atoms with E-state index in [0.29, 0.717) is 12.8 Å². The Kier molecular flexibility index (Phi) is 4.33. The Morgan fingerprint density at radius 1 is 1.28 bits per heavy atom. The van der Waals surface area contributed by atoms with Gasteiger partial charge in [-0.3, -0.25) is 14.1 Å². The highest BCUT2D eigenvalue weighted by Crippen LogP contribution is 2.39. The molecule has 0 aliphatic heterocycles. The van der Waals surface area contributed by atoms with Crippen LogP contribution in [0.25, 0.3) is 0 Å². The van der Waals surface area contributed by atoms with Crippen molar-refractivity contribution < 1.29 is 32.0 Å². The van der Waals surface area contributed by atoms with Gasteiger partial charge in [-0.05, 0) is 19.3 Å². The van der Waals surface area contributed by atoms with Crippen LogP contribution >= 0.6 is 0 Å². The maximum atomic E-state index is 11.7. The zero-order valence-electron chi connectivity index (χ0n) is 10.2. The van der Waals surface area contributed by atoms with E-state index in [2.05, 4.69) is 9.47 Å².